The van der Waals surface area contributed by atoms with E-state index < -0.39 is 10.0 Å². The van der Waals surface area contributed by atoms with Crippen molar-refractivity contribution in [1.29, 1.82) is 0 Å². The van der Waals surface area contributed by atoms with E-state index in [9.17, 15) is 8.42 Å². The molecule has 0 amide bonds. The molecule has 7 nitrogen and oxygen atoms in total. The number of halogens is 1. The second-order valence-electron chi connectivity index (χ2n) is 5.24. The first-order valence-corrected chi connectivity index (χ1v) is 10.0. The first-order valence-electron chi connectivity index (χ1n) is 6.92. The van der Waals surface area contributed by atoms with E-state index in [4.69, 9.17) is 0 Å². The fourth-order valence-corrected chi connectivity index (χ4v) is 5.26. The summed E-state index contributed by atoms with van der Waals surface area (Å²) < 4.78 is 30.2. The Kier molecular flexibility index (Phi) is 4.45. The van der Waals surface area contributed by atoms with Crippen molar-refractivity contribution >= 4 is 43.1 Å². The molecule has 3 aromatic heterocycles. The van der Waals surface area contributed by atoms with E-state index >= 15 is 0 Å². The molecule has 10 heteroatoms. The van der Waals surface area contributed by atoms with Crippen LogP contribution >= 0.6 is 27.3 Å². The Hall–Kier alpha value is -1.78. The van der Waals surface area contributed by atoms with Crippen molar-refractivity contribution in [3.05, 3.63) is 45.0 Å². The zero-order chi connectivity index (χ0) is 17.5. The monoisotopic (exact) mass is 427 g/mol. The molecular weight excluding hydrogens is 414 g/mol. The highest BCUT2D eigenvalue weighted by atomic mass is 79.9. The van der Waals surface area contributed by atoms with E-state index in [0.29, 0.717) is 17.3 Å². The van der Waals surface area contributed by atoms with Crippen LogP contribution in [0.15, 0.2) is 32.3 Å². The molecule has 0 aromatic carbocycles. The lowest BCUT2D eigenvalue weighted by atomic mass is 10.4. The van der Waals surface area contributed by atoms with Gasteiger partial charge in [0, 0.05) is 6.07 Å². The maximum Gasteiger partial charge on any atom is 0.272 e. The fourth-order valence-electron chi connectivity index (χ4n) is 2.00. The van der Waals surface area contributed by atoms with Crippen LogP contribution in [0.25, 0.3) is 5.82 Å². The predicted molar refractivity (Wildman–Crippen MR) is 96.2 cm³/mol. The van der Waals surface area contributed by atoms with Crippen LogP contribution in [0.2, 0.25) is 0 Å². The molecule has 0 spiro atoms. The molecule has 0 saturated heterocycles. The number of hydrogen-bond acceptors (Lipinski definition) is 6. The van der Waals surface area contributed by atoms with Crippen molar-refractivity contribution < 1.29 is 8.42 Å². The summed E-state index contributed by atoms with van der Waals surface area (Å²) >= 11 is 4.51. The van der Waals surface area contributed by atoms with Crippen molar-refractivity contribution in [2.45, 2.75) is 25.0 Å². The van der Waals surface area contributed by atoms with Gasteiger partial charge in [-0.25, -0.2) is 8.42 Å². The number of thiophene rings is 1. The summed E-state index contributed by atoms with van der Waals surface area (Å²) in [5.74, 6) is 0.753. The van der Waals surface area contributed by atoms with Crippen LogP contribution < -0.4 is 4.72 Å². The molecule has 0 aliphatic rings. The van der Waals surface area contributed by atoms with Crippen LogP contribution in [0.5, 0.6) is 0 Å². The predicted octanol–water partition coefficient (Wildman–Crippen LogP) is 3.21. The van der Waals surface area contributed by atoms with E-state index in [2.05, 4.69) is 35.9 Å². The summed E-state index contributed by atoms with van der Waals surface area (Å²) in [7, 11) is -3.71. The van der Waals surface area contributed by atoms with Gasteiger partial charge in [-0.2, -0.15) is 14.9 Å². The average molecular weight is 428 g/mol. The topological polar surface area (TPSA) is 89.8 Å². The molecule has 0 aliphatic heterocycles. The third kappa shape index (κ3) is 3.35. The normalized spacial score (nSPS) is 11.7. The van der Waals surface area contributed by atoms with Gasteiger partial charge in [0.25, 0.3) is 10.0 Å². The van der Waals surface area contributed by atoms with Crippen molar-refractivity contribution in [1.82, 2.24) is 20.0 Å². The molecule has 0 fully saturated rings. The Bertz CT molecular complexity index is 973. The minimum absolute atomic E-state index is 0.229. The van der Waals surface area contributed by atoms with E-state index in [1.54, 1.807) is 31.2 Å². The second kappa shape index (κ2) is 6.26. The number of anilines is 1. The molecule has 0 radical (unpaired) electrons. The van der Waals surface area contributed by atoms with Crippen LogP contribution in [0.1, 0.15) is 17.0 Å². The van der Waals surface area contributed by atoms with E-state index in [-0.39, 0.29) is 4.21 Å². The van der Waals surface area contributed by atoms with Gasteiger partial charge in [-0.3, -0.25) is 4.72 Å². The van der Waals surface area contributed by atoms with Gasteiger partial charge in [-0.05, 0) is 60.5 Å². The van der Waals surface area contributed by atoms with Crippen LogP contribution in [0, 0.1) is 20.8 Å². The highest BCUT2D eigenvalue weighted by molar-refractivity contribution is 9.11. The molecule has 3 rings (SSSR count). The van der Waals surface area contributed by atoms with E-state index in [1.165, 1.54) is 4.68 Å². The van der Waals surface area contributed by atoms with Crippen LogP contribution in [-0.4, -0.2) is 28.4 Å². The third-order valence-electron chi connectivity index (χ3n) is 3.17. The molecule has 24 heavy (non-hydrogen) atoms. The Balaban J connectivity index is 2.00. The van der Waals surface area contributed by atoms with Gasteiger partial charge in [0.1, 0.15) is 10.0 Å². The number of rotatable bonds is 4. The average Bonchev–Trinajstić information content (AvgIpc) is 3.03. The summed E-state index contributed by atoms with van der Waals surface area (Å²) in [5, 5.41) is 12.3. The molecule has 0 saturated carbocycles. The number of sulfonamides is 1. The lowest BCUT2D eigenvalue weighted by molar-refractivity contribution is 0.602. The van der Waals surface area contributed by atoms with Crippen molar-refractivity contribution in [2.75, 3.05) is 4.72 Å². The third-order valence-corrected chi connectivity index (χ3v) is 7.14. The van der Waals surface area contributed by atoms with Gasteiger partial charge >= 0.3 is 0 Å². The summed E-state index contributed by atoms with van der Waals surface area (Å²) in [6.45, 7) is 5.45. The Morgan fingerprint density at radius 1 is 1.12 bits per heavy atom. The fraction of sp³-hybridized carbons (Fsp3) is 0.214. The van der Waals surface area contributed by atoms with Gasteiger partial charge in [0.05, 0.1) is 15.2 Å². The molecule has 0 unspecified atom stereocenters. The number of hydrogen-bond donors (Lipinski definition) is 1. The van der Waals surface area contributed by atoms with Gasteiger partial charge in [-0.1, -0.05) is 0 Å². The SMILES string of the molecule is Cc1ccc(-n2nc(C)cc2NS(=O)(=O)c2cc(C)c(Br)s2)nn1. The smallest absolute Gasteiger partial charge is 0.263 e. The van der Waals surface area contributed by atoms with Crippen LogP contribution in [-0.2, 0) is 10.0 Å². The molecule has 1 N–H and O–H groups in total. The maximum absolute atomic E-state index is 12.6. The summed E-state index contributed by atoms with van der Waals surface area (Å²) in [6, 6.07) is 6.79. The quantitative estimate of drug-likeness (QED) is 0.689. The zero-order valence-corrected chi connectivity index (χ0v) is 16.3. The van der Waals surface area contributed by atoms with Gasteiger partial charge < -0.3 is 0 Å². The standard InChI is InChI=1S/C14H14BrN5O2S2/c1-8-6-13(23-14(8)15)24(21,22)19-12-7-10(3)18-20(12)11-5-4-9(2)16-17-11/h4-7,19H,1-3H3. The summed E-state index contributed by atoms with van der Waals surface area (Å²) in [5.41, 5.74) is 2.30. The van der Waals surface area contributed by atoms with E-state index in [0.717, 1.165) is 26.4 Å². The highest BCUT2D eigenvalue weighted by Gasteiger charge is 2.21. The van der Waals surface area contributed by atoms with Crippen molar-refractivity contribution in [2.24, 2.45) is 0 Å². The summed E-state index contributed by atoms with van der Waals surface area (Å²) in [6.07, 6.45) is 0. The lowest BCUT2D eigenvalue weighted by Crippen LogP contribution is -2.15. The number of nitrogens with one attached hydrogen (secondary N) is 1. The minimum Gasteiger partial charge on any atom is -0.263 e. The highest BCUT2D eigenvalue weighted by Crippen LogP contribution is 2.31. The largest absolute Gasteiger partial charge is 0.272 e. The first kappa shape index (κ1) is 17.1. The summed E-state index contributed by atoms with van der Waals surface area (Å²) in [4.78, 5) is 0. The molecule has 126 valence electrons. The number of aromatic nitrogens is 4. The molecular formula is C14H14BrN5O2S2. The molecule has 0 aliphatic carbocycles. The van der Waals surface area contributed by atoms with Crippen molar-refractivity contribution in [3.8, 4) is 5.82 Å². The van der Waals surface area contributed by atoms with Crippen LogP contribution in [0.4, 0.5) is 5.82 Å². The Morgan fingerprint density at radius 3 is 2.46 bits per heavy atom. The van der Waals surface area contributed by atoms with Crippen LogP contribution in [0.3, 0.4) is 0 Å². The van der Waals surface area contributed by atoms with Gasteiger partial charge in [0.15, 0.2) is 5.82 Å². The minimum atomic E-state index is -3.71. The van der Waals surface area contributed by atoms with Gasteiger partial charge in [-0.15, -0.1) is 16.4 Å². The number of nitrogens with zero attached hydrogens (tertiary/aromatic N) is 4. The maximum atomic E-state index is 12.6. The van der Waals surface area contributed by atoms with Gasteiger partial charge in [0.2, 0.25) is 0 Å². The molecule has 0 bridgehead atoms. The van der Waals surface area contributed by atoms with Crippen molar-refractivity contribution in [3.63, 3.8) is 0 Å². The Morgan fingerprint density at radius 2 is 1.88 bits per heavy atom. The first-order chi connectivity index (χ1) is 11.3. The molecule has 3 heterocycles. The molecule has 3 aromatic rings. The molecule has 0 atom stereocenters. The zero-order valence-electron chi connectivity index (χ0n) is 13.1. The second-order valence-corrected chi connectivity index (χ2v) is 9.52. The number of aryl methyl sites for hydroxylation is 3. The van der Waals surface area contributed by atoms with E-state index in [1.807, 2.05) is 13.8 Å². The lowest BCUT2D eigenvalue weighted by Gasteiger charge is -2.08. The Labute approximate surface area is 151 Å².